The summed E-state index contributed by atoms with van der Waals surface area (Å²) in [5.74, 6) is 1.19. The van der Waals surface area contributed by atoms with Gasteiger partial charge in [0.2, 0.25) is 5.91 Å². The summed E-state index contributed by atoms with van der Waals surface area (Å²) < 4.78 is 7.20. The van der Waals surface area contributed by atoms with Crippen molar-refractivity contribution in [2.24, 2.45) is 0 Å². The predicted octanol–water partition coefficient (Wildman–Crippen LogP) is 1.52. The van der Waals surface area contributed by atoms with Crippen LogP contribution in [-0.4, -0.2) is 51.7 Å². The molecule has 6 heteroatoms. The van der Waals surface area contributed by atoms with Crippen LogP contribution in [0.15, 0.2) is 35.2 Å². The van der Waals surface area contributed by atoms with Gasteiger partial charge < -0.3 is 9.32 Å². The number of nitrogens with zero attached hydrogens (tertiary/aromatic N) is 4. The molecule has 1 aliphatic rings. The number of carbonyl (C=O) groups excluding carboxylic acids is 1. The molecule has 118 valence electrons. The first-order chi connectivity index (χ1) is 10.7. The third-order valence-corrected chi connectivity index (χ3v) is 4.00. The van der Waals surface area contributed by atoms with Gasteiger partial charge in [0.05, 0.1) is 19.0 Å². The van der Waals surface area contributed by atoms with E-state index in [0.717, 1.165) is 44.0 Å². The van der Waals surface area contributed by atoms with E-state index in [2.05, 4.69) is 10.00 Å². The Hall–Kier alpha value is -2.08. The van der Waals surface area contributed by atoms with Gasteiger partial charge in [-0.1, -0.05) is 0 Å². The van der Waals surface area contributed by atoms with Gasteiger partial charge in [0.1, 0.15) is 5.76 Å². The largest absolute Gasteiger partial charge is 0.468 e. The average Bonchev–Trinajstić information content (AvgIpc) is 3.17. The van der Waals surface area contributed by atoms with Crippen LogP contribution in [0.2, 0.25) is 0 Å². The predicted molar refractivity (Wildman–Crippen MR) is 82.1 cm³/mol. The number of carbonyl (C=O) groups is 1. The van der Waals surface area contributed by atoms with E-state index in [9.17, 15) is 4.79 Å². The van der Waals surface area contributed by atoms with Crippen molar-refractivity contribution in [3.63, 3.8) is 0 Å². The highest BCUT2D eigenvalue weighted by Crippen LogP contribution is 2.10. The fourth-order valence-corrected chi connectivity index (χ4v) is 2.74. The van der Waals surface area contributed by atoms with Crippen molar-refractivity contribution in [3.05, 3.63) is 42.1 Å². The van der Waals surface area contributed by atoms with Crippen LogP contribution in [0.25, 0.3) is 0 Å². The summed E-state index contributed by atoms with van der Waals surface area (Å²) in [6.45, 7) is 6.85. The molecule has 0 N–H and O–H groups in total. The first kappa shape index (κ1) is 14.8. The van der Waals surface area contributed by atoms with Gasteiger partial charge >= 0.3 is 0 Å². The summed E-state index contributed by atoms with van der Waals surface area (Å²) in [4.78, 5) is 16.5. The minimum absolute atomic E-state index is 0.214. The molecule has 2 aromatic rings. The molecule has 0 aromatic carbocycles. The number of hydrogen-bond acceptors (Lipinski definition) is 4. The Morgan fingerprint density at radius 3 is 2.77 bits per heavy atom. The van der Waals surface area contributed by atoms with Crippen molar-refractivity contribution in [2.75, 3.05) is 26.2 Å². The molecule has 6 nitrogen and oxygen atoms in total. The van der Waals surface area contributed by atoms with Gasteiger partial charge in [-0.05, 0) is 24.6 Å². The molecule has 3 rings (SSSR count). The molecule has 0 bridgehead atoms. The van der Waals surface area contributed by atoms with Crippen LogP contribution in [0.3, 0.4) is 0 Å². The first-order valence-electron chi connectivity index (χ1n) is 7.72. The van der Waals surface area contributed by atoms with Crippen LogP contribution in [0.1, 0.15) is 17.7 Å². The second-order valence-corrected chi connectivity index (χ2v) is 5.77. The lowest BCUT2D eigenvalue weighted by Crippen LogP contribution is -2.48. The Kier molecular flexibility index (Phi) is 4.58. The molecule has 0 aliphatic carbocycles. The highest BCUT2D eigenvalue weighted by atomic mass is 16.3. The van der Waals surface area contributed by atoms with Gasteiger partial charge in [0, 0.05) is 45.3 Å². The summed E-state index contributed by atoms with van der Waals surface area (Å²) >= 11 is 0. The number of hydrogen-bond donors (Lipinski definition) is 0. The molecule has 2 aromatic heterocycles. The Labute approximate surface area is 130 Å². The molecule has 1 fully saturated rings. The van der Waals surface area contributed by atoms with Crippen molar-refractivity contribution in [1.29, 1.82) is 0 Å². The maximum absolute atomic E-state index is 12.2. The van der Waals surface area contributed by atoms with Crippen molar-refractivity contribution in [2.45, 2.75) is 26.4 Å². The van der Waals surface area contributed by atoms with E-state index in [-0.39, 0.29) is 5.91 Å². The molecule has 3 heterocycles. The molecule has 0 spiro atoms. The van der Waals surface area contributed by atoms with Gasteiger partial charge in [0.15, 0.2) is 0 Å². The molecular formula is C16H22N4O2. The highest BCUT2D eigenvalue weighted by Gasteiger charge is 2.21. The van der Waals surface area contributed by atoms with E-state index < -0.39 is 0 Å². The van der Waals surface area contributed by atoms with Gasteiger partial charge in [-0.25, -0.2) is 0 Å². The highest BCUT2D eigenvalue weighted by molar-refractivity contribution is 5.76. The standard InChI is InChI=1S/C16H22N4O2/c1-14-11-17-20(12-14)5-4-16(21)19-8-6-18(7-9-19)13-15-3-2-10-22-15/h2-3,10-12H,4-9,13H2,1H3. The Bertz CT molecular complexity index is 597. The topological polar surface area (TPSA) is 54.5 Å². The Morgan fingerprint density at radius 2 is 2.14 bits per heavy atom. The Balaban J connectivity index is 1.41. The second kappa shape index (κ2) is 6.79. The summed E-state index contributed by atoms with van der Waals surface area (Å²) in [6, 6.07) is 3.90. The molecule has 0 saturated carbocycles. The summed E-state index contributed by atoms with van der Waals surface area (Å²) in [7, 11) is 0. The van der Waals surface area contributed by atoms with E-state index in [1.54, 1.807) is 6.26 Å². The summed E-state index contributed by atoms with van der Waals surface area (Å²) in [5.41, 5.74) is 1.12. The minimum Gasteiger partial charge on any atom is -0.468 e. The number of piperazine rings is 1. The minimum atomic E-state index is 0.214. The normalized spacial score (nSPS) is 16.1. The number of amides is 1. The smallest absolute Gasteiger partial charge is 0.224 e. The number of aryl methyl sites for hydroxylation is 2. The maximum atomic E-state index is 12.2. The van der Waals surface area contributed by atoms with Gasteiger partial charge in [-0.2, -0.15) is 5.10 Å². The van der Waals surface area contributed by atoms with Crippen LogP contribution >= 0.6 is 0 Å². The second-order valence-electron chi connectivity index (χ2n) is 5.77. The quantitative estimate of drug-likeness (QED) is 0.840. The first-order valence-corrected chi connectivity index (χ1v) is 7.72. The number of aromatic nitrogens is 2. The van der Waals surface area contributed by atoms with E-state index in [0.29, 0.717) is 13.0 Å². The van der Waals surface area contributed by atoms with Crippen molar-refractivity contribution in [1.82, 2.24) is 19.6 Å². The molecule has 1 amide bonds. The fraction of sp³-hybridized carbons (Fsp3) is 0.500. The van der Waals surface area contributed by atoms with Gasteiger partial charge in [-0.3, -0.25) is 14.4 Å². The van der Waals surface area contributed by atoms with Crippen LogP contribution in [0, 0.1) is 6.92 Å². The lowest BCUT2D eigenvalue weighted by atomic mass is 10.2. The van der Waals surface area contributed by atoms with E-state index in [4.69, 9.17) is 4.42 Å². The van der Waals surface area contributed by atoms with Crippen molar-refractivity contribution in [3.8, 4) is 0 Å². The molecule has 1 saturated heterocycles. The van der Waals surface area contributed by atoms with Gasteiger partial charge in [0.25, 0.3) is 0 Å². The zero-order chi connectivity index (χ0) is 15.4. The van der Waals surface area contributed by atoms with Crippen LogP contribution in [0.4, 0.5) is 0 Å². The molecular weight excluding hydrogens is 280 g/mol. The molecule has 0 unspecified atom stereocenters. The zero-order valence-corrected chi connectivity index (χ0v) is 12.9. The Morgan fingerprint density at radius 1 is 1.32 bits per heavy atom. The zero-order valence-electron chi connectivity index (χ0n) is 12.9. The average molecular weight is 302 g/mol. The van der Waals surface area contributed by atoms with E-state index in [1.807, 2.05) is 41.0 Å². The van der Waals surface area contributed by atoms with Gasteiger partial charge in [-0.15, -0.1) is 0 Å². The fourth-order valence-electron chi connectivity index (χ4n) is 2.74. The molecule has 22 heavy (non-hydrogen) atoms. The summed E-state index contributed by atoms with van der Waals surface area (Å²) in [6.07, 6.45) is 6.00. The number of furan rings is 1. The maximum Gasteiger partial charge on any atom is 0.224 e. The van der Waals surface area contributed by atoms with Crippen LogP contribution in [0.5, 0.6) is 0 Å². The molecule has 0 atom stereocenters. The SMILES string of the molecule is Cc1cnn(CCC(=O)N2CCN(Cc3ccco3)CC2)c1. The lowest BCUT2D eigenvalue weighted by Gasteiger charge is -2.34. The van der Waals surface area contributed by atoms with E-state index >= 15 is 0 Å². The third-order valence-electron chi connectivity index (χ3n) is 4.00. The molecule has 0 radical (unpaired) electrons. The van der Waals surface area contributed by atoms with Crippen molar-refractivity contribution >= 4 is 5.91 Å². The lowest BCUT2D eigenvalue weighted by molar-refractivity contribution is -0.133. The number of rotatable bonds is 5. The van der Waals surface area contributed by atoms with Crippen LogP contribution < -0.4 is 0 Å². The summed E-state index contributed by atoms with van der Waals surface area (Å²) in [5, 5.41) is 4.21. The van der Waals surface area contributed by atoms with E-state index in [1.165, 1.54) is 0 Å². The van der Waals surface area contributed by atoms with Crippen LogP contribution in [-0.2, 0) is 17.9 Å². The third kappa shape index (κ3) is 3.76. The monoisotopic (exact) mass is 302 g/mol. The van der Waals surface area contributed by atoms with Crippen molar-refractivity contribution < 1.29 is 9.21 Å². The molecule has 1 aliphatic heterocycles.